The molecule has 1 aliphatic rings. The molecule has 7 nitrogen and oxygen atoms in total. The predicted octanol–water partition coefficient (Wildman–Crippen LogP) is 3.45. The fraction of sp³-hybridized carbons (Fsp3) is 0.200. The van der Waals surface area contributed by atoms with E-state index in [9.17, 15) is 9.59 Å². The third kappa shape index (κ3) is 4.38. The lowest BCUT2D eigenvalue weighted by Gasteiger charge is -2.11. The van der Waals surface area contributed by atoms with E-state index in [4.69, 9.17) is 16.3 Å². The number of nitrogens with one attached hydrogen (secondary N) is 1. The molecule has 1 N–H and O–H groups in total. The van der Waals surface area contributed by atoms with E-state index in [1.54, 1.807) is 6.92 Å². The number of carbonyl (C=O) groups is 2. The molecular formula is C20H17ClN4O3S. The Morgan fingerprint density at radius 2 is 2.28 bits per heavy atom. The Kier molecular flexibility index (Phi) is 5.46. The molecule has 0 saturated carbocycles. The number of thiophene rings is 1. The van der Waals surface area contributed by atoms with Gasteiger partial charge in [0.25, 0.3) is 0 Å². The van der Waals surface area contributed by atoms with E-state index >= 15 is 0 Å². The highest BCUT2D eigenvalue weighted by molar-refractivity contribution is 7.17. The van der Waals surface area contributed by atoms with Gasteiger partial charge in [-0.05, 0) is 36.8 Å². The summed E-state index contributed by atoms with van der Waals surface area (Å²) in [5.74, 6) is 0.448. The largest absolute Gasteiger partial charge is 0.486 e. The third-order valence-electron chi connectivity index (χ3n) is 4.41. The zero-order valence-corrected chi connectivity index (χ0v) is 17.0. The number of hydrogen-bond acceptors (Lipinski definition) is 6. The minimum absolute atomic E-state index is 0.0468. The van der Waals surface area contributed by atoms with Crippen LogP contribution >= 0.6 is 22.9 Å². The molecule has 1 atom stereocenters. The van der Waals surface area contributed by atoms with Gasteiger partial charge in [0, 0.05) is 29.1 Å². The molecule has 3 aromatic rings. The number of carbonyl (C=O) groups excluding carboxylic acids is 2. The van der Waals surface area contributed by atoms with Crippen molar-refractivity contribution in [3.8, 4) is 16.2 Å². The Hall–Kier alpha value is -2.97. The van der Waals surface area contributed by atoms with Crippen molar-refractivity contribution in [3.05, 3.63) is 58.5 Å². The number of rotatable bonds is 6. The van der Waals surface area contributed by atoms with Crippen molar-refractivity contribution in [1.82, 2.24) is 20.1 Å². The maximum Gasteiger partial charge on any atom is 0.245 e. The van der Waals surface area contributed by atoms with Gasteiger partial charge in [0.1, 0.15) is 24.5 Å². The van der Waals surface area contributed by atoms with E-state index in [0.29, 0.717) is 28.6 Å². The van der Waals surface area contributed by atoms with Crippen LogP contribution in [-0.2, 0) is 11.2 Å². The Labute approximate surface area is 176 Å². The van der Waals surface area contributed by atoms with Crippen LogP contribution in [0, 0.1) is 0 Å². The van der Waals surface area contributed by atoms with Crippen molar-refractivity contribution in [2.24, 2.45) is 0 Å². The molecule has 0 bridgehead atoms. The predicted molar refractivity (Wildman–Crippen MR) is 111 cm³/mol. The fourth-order valence-corrected chi connectivity index (χ4v) is 4.21. The fourth-order valence-electron chi connectivity index (χ4n) is 3.04. The molecule has 0 radical (unpaired) electrons. The first-order chi connectivity index (χ1) is 14.0. The summed E-state index contributed by atoms with van der Waals surface area (Å²) in [6.45, 7) is 1.91. The standard InChI is InChI=1S/C20H17ClN4O3S/c1-12(26)17-2-3-18(29-17)13-6-14-7-15(28-20(14)16(21)8-13)9-23-19(27)4-5-25-11-22-10-24-25/h2-6,8,10-11,15H,7,9H2,1H3,(H,23,27). The molecule has 4 rings (SSSR count). The lowest BCUT2D eigenvalue weighted by molar-refractivity contribution is -0.116. The number of hydrogen-bond donors (Lipinski definition) is 1. The second kappa shape index (κ2) is 8.18. The zero-order chi connectivity index (χ0) is 20.4. The Bertz CT molecular complexity index is 1090. The molecule has 0 saturated heterocycles. The molecule has 0 aliphatic carbocycles. The second-order valence-corrected chi connectivity index (χ2v) is 8.04. The van der Waals surface area contributed by atoms with Gasteiger partial charge in [-0.3, -0.25) is 9.59 Å². The normalized spacial score (nSPS) is 15.3. The van der Waals surface area contributed by atoms with E-state index in [1.807, 2.05) is 24.3 Å². The molecule has 1 unspecified atom stereocenters. The van der Waals surface area contributed by atoms with Crippen LogP contribution in [0.15, 0.2) is 43.0 Å². The average molecular weight is 429 g/mol. The zero-order valence-electron chi connectivity index (χ0n) is 15.5. The first-order valence-electron chi connectivity index (χ1n) is 8.90. The highest BCUT2D eigenvalue weighted by Crippen LogP contribution is 2.41. The molecule has 0 spiro atoms. The van der Waals surface area contributed by atoms with Crippen molar-refractivity contribution >= 4 is 40.8 Å². The van der Waals surface area contributed by atoms with Gasteiger partial charge in [-0.15, -0.1) is 11.3 Å². The topological polar surface area (TPSA) is 86.1 Å². The van der Waals surface area contributed by atoms with Crippen LogP contribution in [0.25, 0.3) is 16.6 Å². The summed E-state index contributed by atoms with van der Waals surface area (Å²) < 4.78 is 7.36. The molecule has 1 aromatic carbocycles. The highest BCUT2D eigenvalue weighted by Gasteiger charge is 2.26. The van der Waals surface area contributed by atoms with Crippen LogP contribution in [0.4, 0.5) is 0 Å². The third-order valence-corrected chi connectivity index (χ3v) is 5.93. The van der Waals surface area contributed by atoms with Gasteiger partial charge in [-0.1, -0.05) is 11.6 Å². The summed E-state index contributed by atoms with van der Waals surface area (Å²) in [5, 5.41) is 7.22. The molecule has 1 amide bonds. The second-order valence-electron chi connectivity index (χ2n) is 6.55. The maximum absolute atomic E-state index is 12.0. The van der Waals surface area contributed by atoms with Crippen molar-refractivity contribution in [2.75, 3.05) is 6.54 Å². The molecule has 29 heavy (non-hydrogen) atoms. The van der Waals surface area contributed by atoms with Crippen LogP contribution in [-0.4, -0.2) is 39.1 Å². The molecule has 0 fully saturated rings. The summed E-state index contributed by atoms with van der Waals surface area (Å²) in [7, 11) is 0. The van der Waals surface area contributed by atoms with Crippen molar-refractivity contribution < 1.29 is 14.3 Å². The number of amides is 1. The van der Waals surface area contributed by atoms with Crippen molar-refractivity contribution in [3.63, 3.8) is 0 Å². The van der Waals surface area contributed by atoms with Crippen LogP contribution in [0.1, 0.15) is 22.2 Å². The monoisotopic (exact) mass is 428 g/mol. The van der Waals surface area contributed by atoms with Gasteiger partial charge in [0.15, 0.2) is 5.78 Å². The van der Waals surface area contributed by atoms with Gasteiger partial charge in [0.2, 0.25) is 5.91 Å². The number of nitrogens with zero attached hydrogens (tertiary/aromatic N) is 3. The van der Waals surface area contributed by atoms with Crippen LogP contribution < -0.4 is 10.1 Å². The number of benzene rings is 1. The van der Waals surface area contributed by atoms with E-state index in [2.05, 4.69) is 15.4 Å². The quantitative estimate of drug-likeness (QED) is 0.480. The lowest BCUT2D eigenvalue weighted by atomic mass is 10.1. The van der Waals surface area contributed by atoms with E-state index in [0.717, 1.165) is 16.0 Å². The van der Waals surface area contributed by atoms with Gasteiger partial charge in [0.05, 0.1) is 16.4 Å². The number of Topliss-reactive ketones (excluding diaryl/α,β-unsaturated/α-hetero) is 1. The molecular weight excluding hydrogens is 412 g/mol. The average Bonchev–Trinajstić information content (AvgIpc) is 3.44. The number of aromatic nitrogens is 3. The first-order valence-corrected chi connectivity index (χ1v) is 10.1. The number of fused-ring (bicyclic) bond motifs is 1. The summed E-state index contributed by atoms with van der Waals surface area (Å²) in [6, 6.07) is 7.63. The van der Waals surface area contributed by atoms with Gasteiger partial charge < -0.3 is 10.1 Å². The molecule has 148 valence electrons. The van der Waals surface area contributed by atoms with Gasteiger partial charge >= 0.3 is 0 Å². The molecule has 2 aromatic heterocycles. The minimum atomic E-state index is -0.248. The SMILES string of the molecule is CC(=O)c1ccc(-c2cc(Cl)c3c(c2)CC(CNC(=O)C=Cn2cncn2)O3)s1. The smallest absolute Gasteiger partial charge is 0.245 e. The molecule has 9 heteroatoms. The maximum atomic E-state index is 12.0. The van der Waals surface area contributed by atoms with Crippen molar-refractivity contribution in [1.29, 1.82) is 0 Å². The number of ether oxygens (including phenoxy) is 1. The van der Waals surface area contributed by atoms with Crippen LogP contribution in [0.3, 0.4) is 0 Å². The highest BCUT2D eigenvalue weighted by atomic mass is 35.5. The Morgan fingerprint density at radius 1 is 1.41 bits per heavy atom. The summed E-state index contributed by atoms with van der Waals surface area (Å²) in [4.78, 5) is 29.0. The summed E-state index contributed by atoms with van der Waals surface area (Å²) in [6.07, 6.45) is 6.23. The minimum Gasteiger partial charge on any atom is -0.486 e. The molecule has 3 heterocycles. The van der Waals surface area contributed by atoms with Crippen LogP contribution in [0.2, 0.25) is 5.02 Å². The molecule has 1 aliphatic heterocycles. The van der Waals surface area contributed by atoms with Gasteiger partial charge in [-0.2, -0.15) is 5.10 Å². The van der Waals surface area contributed by atoms with E-state index < -0.39 is 0 Å². The van der Waals surface area contributed by atoms with E-state index in [-0.39, 0.29) is 17.8 Å². The van der Waals surface area contributed by atoms with Crippen LogP contribution in [0.5, 0.6) is 5.75 Å². The Balaban J connectivity index is 1.40. The Morgan fingerprint density at radius 3 is 3.00 bits per heavy atom. The summed E-state index contributed by atoms with van der Waals surface area (Å²) >= 11 is 7.87. The van der Waals surface area contributed by atoms with Crippen molar-refractivity contribution in [2.45, 2.75) is 19.4 Å². The first kappa shape index (κ1) is 19.4. The lowest BCUT2D eigenvalue weighted by Crippen LogP contribution is -2.33. The number of ketones is 1. The summed E-state index contributed by atoms with van der Waals surface area (Å²) in [5.41, 5.74) is 1.94. The van der Waals surface area contributed by atoms with E-state index in [1.165, 1.54) is 40.9 Å². The number of halogens is 1. The van der Waals surface area contributed by atoms with Gasteiger partial charge in [-0.25, -0.2) is 9.67 Å².